The molecule has 0 aromatic carbocycles. The lowest BCUT2D eigenvalue weighted by atomic mass is 9.81. The Hall–Kier alpha value is -3.41. The smallest absolute Gasteiger partial charge is 0.319 e. The van der Waals surface area contributed by atoms with Crippen LogP contribution in [0.3, 0.4) is 0 Å². The zero-order valence-electron chi connectivity index (χ0n) is 23.7. The van der Waals surface area contributed by atoms with E-state index in [1.807, 2.05) is 23.9 Å². The molecule has 2 N–H and O–H groups in total. The van der Waals surface area contributed by atoms with E-state index in [0.29, 0.717) is 62.1 Å². The van der Waals surface area contributed by atoms with Gasteiger partial charge in [-0.05, 0) is 45.0 Å². The van der Waals surface area contributed by atoms with Gasteiger partial charge in [0.1, 0.15) is 36.2 Å². The van der Waals surface area contributed by atoms with Crippen LogP contribution in [0, 0.1) is 11.8 Å². The molecule has 41 heavy (non-hydrogen) atoms. The first-order valence-electron chi connectivity index (χ1n) is 14.3. The highest BCUT2D eigenvalue weighted by Gasteiger charge is 2.57. The Morgan fingerprint density at radius 1 is 1.07 bits per heavy atom. The van der Waals surface area contributed by atoms with E-state index in [1.54, 1.807) is 18.2 Å². The van der Waals surface area contributed by atoms with Crippen molar-refractivity contribution in [3.05, 3.63) is 35.3 Å². The van der Waals surface area contributed by atoms with E-state index in [9.17, 15) is 18.4 Å². The number of pyridine rings is 1. The summed E-state index contributed by atoms with van der Waals surface area (Å²) >= 11 is 0. The van der Waals surface area contributed by atoms with Crippen molar-refractivity contribution in [2.45, 2.75) is 56.8 Å². The Morgan fingerprint density at radius 2 is 1.80 bits per heavy atom. The molecule has 2 aromatic rings. The zero-order chi connectivity index (χ0) is 29.1. The second kappa shape index (κ2) is 12.2. The third kappa shape index (κ3) is 7.27. The van der Waals surface area contributed by atoms with Crippen LogP contribution in [0.4, 0.5) is 14.6 Å². The van der Waals surface area contributed by atoms with Crippen molar-refractivity contribution in [2.75, 3.05) is 51.8 Å². The van der Waals surface area contributed by atoms with Crippen LogP contribution < -0.4 is 20.1 Å². The standard InChI is InChI=1S/C29H38F2N6O4/c1-36(2)12-13-40-24-7-6-21(27(32)39)33-26(24)19-8-10-37(11-9-19)25-15-22(23(38)14-18-4-3-5-18)34-28(35-25)41-17-20-16-29(20,30)31/h6-7,15,18-20H,3-5,8-14,16-17H2,1-2H3,(H2,32,39). The van der Waals surface area contributed by atoms with Crippen molar-refractivity contribution >= 4 is 17.5 Å². The first-order chi connectivity index (χ1) is 19.6. The molecule has 3 aliphatic rings. The summed E-state index contributed by atoms with van der Waals surface area (Å²) in [6, 6.07) is 4.97. The van der Waals surface area contributed by atoms with E-state index in [4.69, 9.17) is 15.2 Å². The number of primary amides is 1. The number of Topliss-reactive ketones (excluding diaryl/α,β-unsaturated/α-hetero) is 1. The predicted octanol–water partition coefficient (Wildman–Crippen LogP) is 3.70. The number of anilines is 1. The minimum Gasteiger partial charge on any atom is -0.490 e. The number of amides is 1. The van der Waals surface area contributed by atoms with Crippen LogP contribution in [0.1, 0.15) is 77.5 Å². The molecule has 3 heterocycles. The number of hydrogen-bond acceptors (Lipinski definition) is 9. The minimum atomic E-state index is -2.71. The second-order valence-electron chi connectivity index (χ2n) is 11.6. The Labute approximate surface area is 238 Å². The third-order valence-electron chi connectivity index (χ3n) is 8.19. The lowest BCUT2D eigenvalue weighted by molar-refractivity contribution is 0.0836. The van der Waals surface area contributed by atoms with Crippen molar-refractivity contribution in [3.8, 4) is 11.8 Å². The van der Waals surface area contributed by atoms with Gasteiger partial charge in [0.05, 0.1) is 11.6 Å². The Bertz CT molecular complexity index is 1260. The Morgan fingerprint density at radius 3 is 2.41 bits per heavy atom. The number of nitrogens with zero attached hydrogens (tertiary/aromatic N) is 5. The molecule has 2 aromatic heterocycles. The van der Waals surface area contributed by atoms with Crippen LogP contribution in [0.15, 0.2) is 18.2 Å². The monoisotopic (exact) mass is 572 g/mol. The van der Waals surface area contributed by atoms with Crippen molar-refractivity contribution in [1.29, 1.82) is 0 Å². The molecule has 0 radical (unpaired) electrons. The average Bonchev–Trinajstić information content (AvgIpc) is 3.55. The lowest BCUT2D eigenvalue weighted by Gasteiger charge is -2.33. The summed E-state index contributed by atoms with van der Waals surface area (Å²) < 4.78 is 38.4. The quantitative estimate of drug-likeness (QED) is 0.358. The summed E-state index contributed by atoms with van der Waals surface area (Å²) in [5, 5.41) is 0. The van der Waals surface area contributed by atoms with Crippen LogP contribution in [-0.4, -0.2) is 84.4 Å². The van der Waals surface area contributed by atoms with Gasteiger partial charge in [0.15, 0.2) is 5.78 Å². The molecule has 2 aliphatic carbocycles. The van der Waals surface area contributed by atoms with E-state index in [1.165, 1.54) is 0 Å². The fraction of sp³-hybridized carbons (Fsp3) is 0.621. The zero-order valence-corrected chi connectivity index (χ0v) is 23.7. The summed E-state index contributed by atoms with van der Waals surface area (Å²) in [5.41, 5.74) is 6.66. The number of halogens is 2. The van der Waals surface area contributed by atoms with Crippen LogP contribution >= 0.6 is 0 Å². The molecule has 1 aliphatic heterocycles. The van der Waals surface area contributed by atoms with E-state index < -0.39 is 17.7 Å². The summed E-state index contributed by atoms with van der Waals surface area (Å²) in [6.07, 6.45) is 4.78. The van der Waals surface area contributed by atoms with Crippen LogP contribution in [0.5, 0.6) is 11.8 Å². The van der Waals surface area contributed by atoms with Crippen LogP contribution in [0.25, 0.3) is 0 Å². The maximum Gasteiger partial charge on any atom is 0.319 e. The largest absolute Gasteiger partial charge is 0.490 e. The molecule has 10 nitrogen and oxygen atoms in total. The molecular weight excluding hydrogens is 534 g/mol. The number of likely N-dealkylation sites (N-methyl/N-ethyl adjacent to an activating group) is 1. The SMILES string of the molecule is CN(C)CCOc1ccc(C(N)=O)nc1C1CCN(c2cc(C(=O)CC3CCC3)nc(OCC3CC3(F)F)n2)CC1. The first kappa shape index (κ1) is 29.1. The van der Waals surface area contributed by atoms with Crippen molar-refractivity contribution < 1.29 is 27.8 Å². The number of nitrogens with two attached hydrogens (primary N) is 1. The number of carbonyl (C=O) groups is 2. The van der Waals surface area contributed by atoms with Gasteiger partial charge in [-0.1, -0.05) is 19.3 Å². The van der Waals surface area contributed by atoms with Gasteiger partial charge in [0, 0.05) is 44.5 Å². The highest BCUT2D eigenvalue weighted by Crippen LogP contribution is 2.48. The molecule has 3 fully saturated rings. The lowest BCUT2D eigenvalue weighted by Crippen LogP contribution is -2.34. The van der Waals surface area contributed by atoms with Gasteiger partial charge < -0.3 is 25.0 Å². The molecule has 5 rings (SSSR count). The number of rotatable bonds is 13. The maximum atomic E-state index is 13.4. The average molecular weight is 573 g/mol. The highest BCUT2D eigenvalue weighted by molar-refractivity contribution is 5.95. The third-order valence-corrected chi connectivity index (χ3v) is 8.19. The molecule has 1 saturated heterocycles. The van der Waals surface area contributed by atoms with Gasteiger partial charge in [-0.25, -0.2) is 13.8 Å². The number of carbonyl (C=O) groups excluding carboxylic acids is 2. The molecule has 2 saturated carbocycles. The first-order valence-corrected chi connectivity index (χ1v) is 14.3. The van der Waals surface area contributed by atoms with Crippen LogP contribution in [-0.2, 0) is 0 Å². The fourth-order valence-corrected chi connectivity index (χ4v) is 5.21. The van der Waals surface area contributed by atoms with Crippen LogP contribution in [0.2, 0.25) is 0 Å². The van der Waals surface area contributed by atoms with Gasteiger partial charge in [-0.2, -0.15) is 9.97 Å². The number of alkyl halides is 2. The van der Waals surface area contributed by atoms with Gasteiger partial charge in [0.2, 0.25) is 0 Å². The summed E-state index contributed by atoms with van der Waals surface area (Å²) in [4.78, 5) is 42.3. The number of ether oxygens (including phenoxy) is 2. The molecular formula is C29H38F2N6O4. The number of piperidine rings is 1. The Balaban J connectivity index is 1.30. The molecule has 1 amide bonds. The Kier molecular flexibility index (Phi) is 8.67. The number of ketones is 1. The molecule has 0 spiro atoms. The molecule has 12 heteroatoms. The summed E-state index contributed by atoms with van der Waals surface area (Å²) in [7, 11) is 3.93. The second-order valence-corrected chi connectivity index (χ2v) is 11.6. The van der Waals surface area contributed by atoms with Gasteiger partial charge in [0.25, 0.3) is 11.8 Å². The molecule has 0 bridgehead atoms. The van der Waals surface area contributed by atoms with E-state index >= 15 is 0 Å². The normalized spacial score (nSPS) is 20.5. The van der Waals surface area contributed by atoms with E-state index in [-0.39, 0.29) is 42.1 Å². The van der Waals surface area contributed by atoms with Gasteiger partial charge >= 0.3 is 6.01 Å². The molecule has 1 unspecified atom stereocenters. The topological polar surface area (TPSA) is 124 Å². The van der Waals surface area contributed by atoms with Crippen molar-refractivity contribution in [3.63, 3.8) is 0 Å². The molecule has 222 valence electrons. The number of hydrogen-bond donors (Lipinski definition) is 1. The van der Waals surface area contributed by atoms with Gasteiger partial charge in [-0.15, -0.1) is 0 Å². The predicted molar refractivity (Wildman–Crippen MR) is 148 cm³/mol. The highest BCUT2D eigenvalue weighted by atomic mass is 19.3. The summed E-state index contributed by atoms with van der Waals surface area (Å²) in [5.74, 6) is -2.68. The fourth-order valence-electron chi connectivity index (χ4n) is 5.21. The molecule has 1 atom stereocenters. The van der Waals surface area contributed by atoms with E-state index in [2.05, 4.69) is 15.0 Å². The minimum absolute atomic E-state index is 0.0225. The van der Waals surface area contributed by atoms with E-state index in [0.717, 1.165) is 25.8 Å². The van der Waals surface area contributed by atoms with Crippen molar-refractivity contribution in [1.82, 2.24) is 19.9 Å². The van der Waals surface area contributed by atoms with Crippen molar-refractivity contribution in [2.24, 2.45) is 17.6 Å². The number of aromatic nitrogens is 3. The van der Waals surface area contributed by atoms with Gasteiger partial charge in [-0.3, -0.25) is 9.59 Å². The summed E-state index contributed by atoms with van der Waals surface area (Å²) in [6.45, 7) is 2.21. The maximum absolute atomic E-state index is 13.4.